The molecule has 0 saturated heterocycles. The Kier molecular flexibility index (Phi) is 3.15. The molecule has 2 heteroatoms. The number of rotatable bonds is 3. The zero-order valence-corrected chi connectivity index (χ0v) is 10.9. The third kappa shape index (κ3) is 2.29. The molecule has 0 N–H and O–H groups in total. The summed E-state index contributed by atoms with van der Waals surface area (Å²) in [5.74, 6) is 0. The van der Waals surface area contributed by atoms with E-state index in [0.717, 1.165) is 5.69 Å². The molecule has 0 aliphatic rings. The third-order valence-electron chi connectivity index (χ3n) is 3.43. The normalized spacial score (nSPS) is 12.3. The highest BCUT2D eigenvalue weighted by Crippen LogP contribution is 2.25. The zero-order valence-electron chi connectivity index (χ0n) is 10.9. The maximum absolute atomic E-state index is 4.31. The van der Waals surface area contributed by atoms with E-state index in [0.29, 0.717) is 0 Å². The number of hydrogen-bond donors (Lipinski definition) is 0. The number of aromatic nitrogens is 2. The predicted octanol–water partition coefficient (Wildman–Crippen LogP) is 4.16. The Morgan fingerprint density at radius 1 is 0.895 bits per heavy atom. The van der Waals surface area contributed by atoms with Crippen LogP contribution < -0.4 is 0 Å². The molecule has 3 aromatic rings. The van der Waals surface area contributed by atoms with Crippen molar-refractivity contribution in [2.75, 3.05) is 0 Å². The highest BCUT2D eigenvalue weighted by Gasteiger charge is 2.12. The van der Waals surface area contributed by atoms with E-state index in [1.807, 2.05) is 24.7 Å². The molecular formula is C17H16N2. The molecule has 94 valence electrons. The van der Waals surface area contributed by atoms with Crippen LogP contribution in [0, 0.1) is 0 Å². The van der Waals surface area contributed by atoms with Crippen molar-refractivity contribution in [2.45, 2.75) is 13.0 Å². The van der Waals surface area contributed by atoms with Gasteiger partial charge in [0.1, 0.15) is 0 Å². The number of nitrogens with zero attached hydrogens (tertiary/aromatic N) is 2. The van der Waals surface area contributed by atoms with Gasteiger partial charge in [0, 0.05) is 0 Å². The van der Waals surface area contributed by atoms with Gasteiger partial charge in [0.05, 0.1) is 24.3 Å². The number of imidazole rings is 1. The lowest BCUT2D eigenvalue weighted by atomic mass is 10.1. The second kappa shape index (κ2) is 5.11. The van der Waals surface area contributed by atoms with Gasteiger partial charge < -0.3 is 4.57 Å². The Morgan fingerprint density at radius 3 is 2.21 bits per heavy atom. The van der Waals surface area contributed by atoms with E-state index in [1.54, 1.807) is 0 Å². The van der Waals surface area contributed by atoms with Gasteiger partial charge in [-0.3, -0.25) is 0 Å². The van der Waals surface area contributed by atoms with E-state index in [9.17, 15) is 0 Å². The Morgan fingerprint density at radius 2 is 1.53 bits per heavy atom. The summed E-state index contributed by atoms with van der Waals surface area (Å²) in [5, 5.41) is 0. The van der Waals surface area contributed by atoms with Crippen LogP contribution in [0.25, 0.3) is 11.3 Å². The first-order chi connectivity index (χ1) is 9.36. The van der Waals surface area contributed by atoms with Gasteiger partial charge in [0.2, 0.25) is 0 Å². The molecule has 0 fully saturated rings. The van der Waals surface area contributed by atoms with E-state index in [2.05, 4.69) is 65.0 Å². The van der Waals surface area contributed by atoms with E-state index in [4.69, 9.17) is 0 Å². The van der Waals surface area contributed by atoms with Crippen LogP contribution in [0.2, 0.25) is 0 Å². The maximum Gasteiger partial charge on any atom is 0.0956 e. The molecule has 0 aliphatic heterocycles. The van der Waals surface area contributed by atoms with Crippen LogP contribution in [0.3, 0.4) is 0 Å². The van der Waals surface area contributed by atoms with Gasteiger partial charge in [0.15, 0.2) is 0 Å². The lowest BCUT2D eigenvalue weighted by Crippen LogP contribution is -2.06. The Hall–Kier alpha value is -2.35. The van der Waals surface area contributed by atoms with E-state index >= 15 is 0 Å². The monoisotopic (exact) mass is 248 g/mol. The fourth-order valence-corrected chi connectivity index (χ4v) is 2.34. The molecule has 0 saturated carbocycles. The lowest BCUT2D eigenvalue weighted by Gasteiger charge is -2.17. The lowest BCUT2D eigenvalue weighted by molar-refractivity contribution is 0.644. The van der Waals surface area contributed by atoms with Gasteiger partial charge in [-0.2, -0.15) is 0 Å². The first-order valence-corrected chi connectivity index (χ1v) is 6.48. The fraction of sp³-hybridized carbons (Fsp3) is 0.118. The van der Waals surface area contributed by atoms with Crippen LogP contribution in [0.15, 0.2) is 73.2 Å². The molecule has 1 aromatic heterocycles. The second-order valence-corrected chi connectivity index (χ2v) is 4.64. The Bertz CT molecular complexity index is 641. The first kappa shape index (κ1) is 11.7. The van der Waals surface area contributed by atoms with E-state index in [1.165, 1.54) is 11.1 Å². The molecule has 0 amide bonds. The van der Waals surface area contributed by atoms with Crippen molar-refractivity contribution in [3.63, 3.8) is 0 Å². The summed E-state index contributed by atoms with van der Waals surface area (Å²) < 4.78 is 2.21. The van der Waals surface area contributed by atoms with Gasteiger partial charge in [-0.05, 0) is 18.1 Å². The summed E-state index contributed by atoms with van der Waals surface area (Å²) in [5.41, 5.74) is 3.64. The maximum atomic E-state index is 4.31. The van der Waals surface area contributed by atoms with Gasteiger partial charge in [-0.1, -0.05) is 60.7 Å². The minimum Gasteiger partial charge on any atom is -0.323 e. The van der Waals surface area contributed by atoms with Crippen LogP contribution in [0.5, 0.6) is 0 Å². The summed E-state index contributed by atoms with van der Waals surface area (Å²) in [4.78, 5) is 4.31. The number of hydrogen-bond acceptors (Lipinski definition) is 1. The summed E-state index contributed by atoms with van der Waals surface area (Å²) in [6.07, 6.45) is 3.83. The van der Waals surface area contributed by atoms with Crippen molar-refractivity contribution in [1.29, 1.82) is 0 Å². The van der Waals surface area contributed by atoms with Crippen LogP contribution in [0.1, 0.15) is 18.5 Å². The number of benzene rings is 2. The standard InChI is InChI=1S/C17H16N2/c1-14(15-8-4-2-5-9-15)19-13-18-12-17(19)16-10-6-3-7-11-16/h2-14H,1H3. The Labute approximate surface area is 113 Å². The molecule has 0 bridgehead atoms. The second-order valence-electron chi connectivity index (χ2n) is 4.64. The van der Waals surface area contributed by atoms with Crippen LogP contribution in [-0.4, -0.2) is 9.55 Å². The van der Waals surface area contributed by atoms with Crippen LogP contribution >= 0.6 is 0 Å². The quantitative estimate of drug-likeness (QED) is 0.680. The molecule has 1 atom stereocenters. The van der Waals surface area contributed by atoms with Crippen LogP contribution in [-0.2, 0) is 0 Å². The average Bonchev–Trinajstić information content (AvgIpc) is 2.98. The van der Waals surface area contributed by atoms with Crippen molar-refractivity contribution in [2.24, 2.45) is 0 Å². The Balaban J connectivity index is 2.01. The van der Waals surface area contributed by atoms with Crippen molar-refractivity contribution in [3.05, 3.63) is 78.8 Å². The summed E-state index contributed by atoms with van der Waals surface area (Å²) in [7, 11) is 0. The molecule has 1 heterocycles. The van der Waals surface area contributed by atoms with Crippen LogP contribution in [0.4, 0.5) is 0 Å². The molecule has 0 spiro atoms. The van der Waals surface area contributed by atoms with Gasteiger partial charge in [-0.15, -0.1) is 0 Å². The average molecular weight is 248 g/mol. The molecule has 0 radical (unpaired) electrons. The summed E-state index contributed by atoms with van der Waals surface area (Å²) >= 11 is 0. The molecular weight excluding hydrogens is 232 g/mol. The minimum absolute atomic E-state index is 0.277. The van der Waals surface area contributed by atoms with Gasteiger partial charge in [-0.25, -0.2) is 4.98 Å². The molecule has 3 rings (SSSR count). The predicted molar refractivity (Wildman–Crippen MR) is 77.9 cm³/mol. The first-order valence-electron chi connectivity index (χ1n) is 6.48. The smallest absolute Gasteiger partial charge is 0.0956 e. The summed E-state index contributed by atoms with van der Waals surface area (Å²) in [6.45, 7) is 2.20. The molecule has 19 heavy (non-hydrogen) atoms. The summed E-state index contributed by atoms with van der Waals surface area (Å²) in [6, 6.07) is 21.1. The highest BCUT2D eigenvalue weighted by molar-refractivity contribution is 5.59. The van der Waals surface area contributed by atoms with Crippen molar-refractivity contribution < 1.29 is 0 Å². The third-order valence-corrected chi connectivity index (χ3v) is 3.43. The SMILES string of the molecule is CC(c1ccccc1)n1cncc1-c1ccccc1. The molecule has 2 aromatic carbocycles. The van der Waals surface area contributed by atoms with Crippen molar-refractivity contribution in [3.8, 4) is 11.3 Å². The molecule has 2 nitrogen and oxygen atoms in total. The van der Waals surface area contributed by atoms with Gasteiger partial charge in [0.25, 0.3) is 0 Å². The topological polar surface area (TPSA) is 17.8 Å². The largest absolute Gasteiger partial charge is 0.323 e. The zero-order chi connectivity index (χ0) is 13.1. The molecule has 1 unspecified atom stereocenters. The van der Waals surface area contributed by atoms with Crippen molar-refractivity contribution >= 4 is 0 Å². The van der Waals surface area contributed by atoms with E-state index < -0.39 is 0 Å². The minimum atomic E-state index is 0.277. The van der Waals surface area contributed by atoms with Gasteiger partial charge >= 0.3 is 0 Å². The highest BCUT2D eigenvalue weighted by atomic mass is 15.1. The molecule has 0 aliphatic carbocycles. The fourth-order valence-electron chi connectivity index (χ4n) is 2.34. The van der Waals surface area contributed by atoms with Crippen molar-refractivity contribution in [1.82, 2.24) is 9.55 Å². The van der Waals surface area contributed by atoms with E-state index in [-0.39, 0.29) is 6.04 Å².